The molecule has 19 heavy (non-hydrogen) atoms. The van der Waals surface area contributed by atoms with Crippen LogP contribution in [-0.4, -0.2) is 30.3 Å². The van der Waals surface area contributed by atoms with Crippen molar-refractivity contribution in [2.45, 2.75) is 25.5 Å². The van der Waals surface area contributed by atoms with Gasteiger partial charge in [0.25, 0.3) is 0 Å². The summed E-state index contributed by atoms with van der Waals surface area (Å²) < 4.78 is 10.2. The van der Waals surface area contributed by atoms with E-state index in [1.807, 2.05) is 31.2 Å². The number of ether oxygens (including phenoxy) is 2. The zero-order valence-corrected chi connectivity index (χ0v) is 11.6. The molecule has 1 saturated heterocycles. The van der Waals surface area contributed by atoms with Gasteiger partial charge in [-0.15, -0.1) is 0 Å². The molecule has 1 aliphatic rings. The summed E-state index contributed by atoms with van der Waals surface area (Å²) in [6.07, 6.45) is 0.559. The van der Waals surface area contributed by atoms with Gasteiger partial charge in [-0.2, -0.15) is 0 Å². The van der Waals surface area contributed by atoms with Crippen molar-refractivity contribution in [3.63, 3.8) is 0 Å². The van der Waals surface area contributed by atoms with Crippen LogP contribution in [0.3, 0.4) is 0 Å². The van der Waals surface area contributed by atoms with Gasteiger partial charge in [0.15, 0.2) is 5.11 Å². The minimum Gasteiger partial charge on any atom is -0.497 e. The monoisotopic (exact) mass is 280 g/mol. The van der Waals surface area contributed by atoms with E-state index in [1.165, 1.54) is 0 Å². The predicted molar refractivity (Wildman–Crippen MR) is 76.3 cm³/mol. The second-order valence-corrected chi connectivity index (χ2v) is 4.77. The lowest BCUT2D eigenvalue weighted by Gasteiger charge is -2.13. The Hall–Kier alpha value is -1.82. The topological polar surface area (TPSA) is 59.6 Å². The first-order valence-electron chi connectivity index (χ1n) is 6.00. The smallest absolute Gasteiger partial charge is 0.329 e. The Morgan fingerprint density at radius 1 is 1.53 bits per heavy atom. The van der Waals surface area contributed by atoms with Crippen molar-refractivity contribution in [3.8, 4) is 5.75 Å². The first kappa shape index (κ1) is 13.6. The van der Waals surface area contributed by atoms with E-state index in [4.69, 9.17) is 21.7 Å². The molecule has 0 aromatic heterocycles. The third-order valence-corrected chi connectivity index (χ3v) is 3.02. The molecule has 0 radical (unpaired) electrons. The van der Waals surface area contributed by atoms with E-state index in [1.54, 1.807) is 7.11 Å². The van der Waals surface area contributed by atoms with Crippen molar-refractivity contribution in [2.75, 3.05) is 12.4 Å². The van der Waals surface area contributed by atoms with Crippen LogP contribution in [0.2, 0.25) is 0 Å². The summed E-state index contributed by atoms with van der Waals surface area (Å²) >= 11 is 5.17. The molecule has 1 heterocycles. The number of carbonyl (C=O) groups is 1. The highest BCUT2D eigenvalue weighted by Crippen LogP contribution is 2.17. The number of esters is 1. The Morgan fingerprint density at radius 2 is 2.32 bits per heavy atom. The summed E-state index contributed by atoms with van der Waals surface area (Å²) in [6.45, 7) is 1.86. The fraction of sp³-hybridized carbons (Fsp3) is 0.385. The lowest BCUT2D eigenvalue weighted by molar-refractivity contribution is -0.142. The zero-order chi connectivity index (χ0) is 13.8. The molecule has 1 aromatic rings. The van der Waals surface area contributed by atoms with E-state index in [9.17, 15) is 4.79 Å². The third-order valence-electron chi connectivity index (χ3n) is 2.80. The maximum atomic E-state index is 11.5. The van der Waals surface area contributed by atoms with E-state index in [-0.39, 0.29) is 18.1 Å². The Bertz CT molecular complexity index is 493. The summed E-state index contributed by atoms with van der Waals surface area (Å²) in [5.41, 5.74) is 0.802. The molecule has 2 N–H and O–H groups in total. The average molecular weight is 280 g/mol. The molecular weight excluding hydrogens is 264 g/mol. The zero-order valence-electron chi connectivity index (χ0n) is 10.8. The van der Waals surface area contributed by atoms with Crippen molar-refractivity contribution in [1.29, 1.82) is 0 Å². The van der Waals surface area contributed by atoms with Gasteiger partial charge in [-0.05, 0) is 31.3 Å². The summed E-state index contributed by atoms with van der Waals surface area (Å²) in [5.74, 6) is 0.476. The second kappa shape index (κ2) is 5.88. The molecule has 0 spiro atoms. The van der Waals surface area contributed by atoms with Crippen LogP contribution < -0.4 is 15.4 Å². The number of carbonyl (C=O) groups excluding carboxylic acids is 1. The molecule has 0 bridgehead atoms. The summed E-state index contributed by atoms with van der Waals surface area (Å²) in [5, 5.41) is 6.35. The molecule has 0 amide bonds. The first-order chi connectivity index (χ1) is 9.08. The van der Waals surface area contributed by atoms with E-state index in [2.05, 4.69) is 10.6 Å². The Morgan fingerprint density at radius 3 is 2.95 bits per heavy atom. The summed E-state index contributed by atoms with van der Waals surface area (Å²) in [6, 6.07) is 7.02. The maximum absolute atomic E-state index is 11.5. The molecule has 1 aliphatic heterocycles. The van der Waals surface area contributed by atoms with Crippen LogP contribution in [0.15, 0.2) is 24.3 Å². The lowest BCUT2D eigenvalue weighted by atomic mass is 10.2. The highest BCUT2D eigenvalue weighted by molar-refractivity contribution is 7.80. The standard InChI is InChI=1S/C13H16N2O3S/c1-8-6-11(12(16)18-8)15-13(19)14-9-4-3-5-10(7-9)17-2/h3-5,7-8,11H,6H2,1-2H3,(H2,14,15,19)/t8-,11+/m1/s1. The molecule has 102 valence electrons. The predicted octanol–water partition coefficient (Wildman–Crippen LogP) is 1.69. The van der Waals surface area contributed by atoms with Gasteiger partial charge in [0.2, 0.25) is 0 Å². The Labute approximate surface area is 117 Å². The van der Waals surface area contributed by atoms with Gasteiger partial charge in [-0.1, -0.05) is 6.07 Å². The number of rotatable bonds is 3. The molecule has 2 atom stereocenters. The van der Waals surface area contributed by atoms with E-state index >= 15 is 0 Å². The van der Waals surface area contributed by atoms with Crippen molar-refractivity contribution in [1.82, 2.24) is 5.32 Å². The minimum absolute atomic E-state index is 0.0652. The number of cyclic esters (lactones) is 1. The number of methoxy groups -OCH3 is 1. The fourth-order valence-corrected chi connectivity index (χ4v) is 2.16. The number of thiocarbonyl (C=S) groups is 1. The molecule has 5 nitrogen and oxygen atoms in total. The van der Waals surface area contributed by atoms with Gasteiger partial charge in [0, 0.05) is 18.2 Å². The number of nitrogens with one attached hydrogen (secondary N) is 2. The van der Waals surface area contributed by atoms with E-state index in [0.29, 0.717) is 11.5 Å². The van der Waals surface area contributed by atoms with Crippen LogP contribution in [0.25, 0.3) is 0 Å². The number of hydrogen-bond acceptors (Lipinski definition) is 4. The highest BCUT2D eigenvalue weighted by atomic mass is 32.1. The van der Waals surface area contributed by atoms with Gasteiger partial charge in [-0.3, -0.25) is 0 Å². The van der Waals surface area contributed by atoms with Crippen molar-refractivity contribution >= 4 is 29.0 Å². The molecule has 0 unspecified atom stereocenters. The molecule has 6 heteroatoms. The lowest BCUT2D eigenvalue weighted by Crippen LogP contribution is -2.40. The van der Waals surface area contributed by atoms with Crippen LogP contribution in [-0.2, 0) is 9.53 Å². The quantitative estimate of drug-likeness (QED) is 0.649. The molecular formula is C13H16N2O3S. The van der Waals surface area contributed by atoms with Crippen LogP contribution in [0.1, 0.15) is 13.3 Å². The van der Waals surface area contributed by atoms with Crippen LogP contribution in [0.5, 0.6) is 5.75 Å². The van der Waals surface area contributed by atoms with Gasteiger partial charge < -0.3 is 20.1 Å². The Kier molecular flexibility index (Phi) is 4.21. The number of hydrogen-bond donors (Lipinski definition) is 2. The van der Waals surface area contributed by atoms with Gasteiger partial charge in [0.05, 0.1) is 7.11 Å². The van der Waals surface area contributed by atoms with Crippen LogP contribution >= 0.6 is 12.2 Å². The molecule has 0 aliphatic carbocycles. The molecule has 0 saturated carbocycles. The van der Waals surface area contributed by atoms with Gasteiger partial charge in [-0.25, -0.2) is 4.79 Å². The highest BCUT2D eigenvalue weighted by Gasteiger charge is 2.32. The van der Waals surface area contributed by atoms with E-state index in [0.717, 1.165) is 11.4 Å². The minimum atomic E-state index is -0.374. The first-order valence-corrected chi connectivity index (χ1v) is 6.41. The van der Waals surface area contributed by atoms with Gasteiger partial charge in [0.1, 0.15) is 17.9 Å². The largest absolute Gasteiger partial charge is 0.497 e. The van der Waals surface area contributed by atoms with Crippen molar-refractivity contribution in [3.05, 3.63) is 24.3 Å². The molecule has 1 fully saturated rings. The summed E-state index contributed by atoms with van der Waals surface area (Å²) in [7, 11) is 1.60. The Balaban J connectivity index is 1.92. The number of anilines is 1. The fourth-order valence-electron chi connectivity index (χ4n) is 1.90. The van der Waals surface area contributed by atoms with E-state index < -0.39 is 0 Å². The van der Waals surface area contributed by atoms with Crippen molar-refractivity contribution < 1.29 is 14.3 Å². The SMILES string of the molecule is COc1cccc(NC(=S)N[C@H]2C[C@@H](C)OC2=O)c1. The third kappa shape index (κ3) is 3.57. The molecule has 2 rings (SSSR count). The summed E-state index contributed by atoms with van der Waals surface area (Å²) in [4.78, 5) is 11.5. The average Bonchev–Trinajstić information content (AvgIpc) is 2.68. The van der Waals surface area contributed by atoms with Crippen LogP contribution in [0, 0.1) is 0 Å². The van der Waals surface area contributed by atoms with Crippen molar-refractivity contribution in [2.24, 2.45) is 0 Å². The van der Waals surface area contributed by atoms with Gasteiger partial charge >= 0.3 is 5.97 Å². The second-order valence-electron chi connectivity index (χ2n) is 4.37. The normalized spacial score (nSPS) is 21.7. The molecule has 1 aromatic carbocycles. The maximum Gasteiger partial charge on any atom is 0.329 e. The van der Waals surface area contributed by atoms with Crippen LogP contribution in [0.4, 0.5) is 5.69 Å². The number of benzene rings is 1.